The van der Waals surface area contributed by atoms with E-state index in [4.69, 9.17) is 11.6 Å². The van der Waals surface area contributed by atoms with Gasteiger partial charge in [-0.05, 0) is 49.4 Å². The van der Waals surface area contributed by atoms with Crippen molar-refractivity contribution in [3.05, 3.63) is 57.5 Å². The van der Waals surface area contributed by atoms with Crippen molar-refractivity contribution in [2.24, 2.45) is 5.10 Å². The number of nitrogens with one attached hydrogen (secondary N) is 1. The molecule has 8 heteroatoms. The summed E-state index contributed by atoms with van der Waals surface area (Å²) >= 11 is 9.09. The number of hydrazone groups is 1. The first-order valence-electron chi connectivity index (χ1n) is 6.10. The summed E-state index contributed by atoms with van der Waals surface area (Å²) in [5.74, 6) is -0.0338. The molecule has 5 nitrogen and oxygen atoms in total. The van der Waals surface area contributed by atoms with E-state index < -0.39 is 10.0 Å². The molecule has 0 aliphatic heterocycles. The van der Waals surface area contributed by atoms with Crippen LogP contribution in [0.2, 0.25) is 5.02 Å². The van der Waals surface area contributed by atoms with Crippen molar-refractivity contribution in [3.63, 3.8) is 0 Å². The van der Waals surface area contributed by atoms with Crippen molar-refractivity contribution in [1.29, 1.82) is 0 Å². The summed E-state index contributed by atoms with van der Waals surface area (Å²) in [5, 5.41) is 14.0. The molecular formula is C14H12BrClN2O3S. The monoisotopic (exact) mass is 402 g/mol. The molecule has 0 amide bonds. The largest absolute Gasteiger partial charge is 0.507 e. The highest BCUT2D eigenvalue weighted by Crippen LogP contribution is 2.22. The van der Waals surface area contributed by atoms with E-state index in [0.717, 1.165) is 4.47 Å². The zero-order valence-electron chi connectivity index (χ0n) is 11.4. The van der Waals surface area contributed by atoms with E-state index in [-0.39, 0.29) is 10.6 Å². The zero-order valence-corrected chi connectivity index (χ0v) is 14.6. The molecule has 0 fully saturated rings. The third-order valence-corrected chi connectivity index (χ3v) is 4.79. The van der Waals surface area contributed by atoms with Gasteiger partial charge in [-0.2, -0.15) is 18.4 Å². The Morgan fingerprint density at radius 2 is 1.86 bits per heavy atom. The minimum Gasteiger partial charge on any atom is -0.507 e. The number of sulfonamides is 1. The number of aromatic hydroxyl groups is 1. The van der Waals surface area contributed by atoms with Gasteiger partial charge in [0.05, 0.1) is 10.6 Å². The lowest BCUT2D eigenvalue weighted by atomic mass is 10.1. The number of halogens is 2. The van der Waals surface area contributed by atoms with Crippen LogP contribution in [-0.2, 0) is 10.0 Å². The van der Waals surface area contributed by atoms with Crippen LogP contribution in [0.15, 0.2) is 56.9 Å². The summed E-state index contributed by atoms with van der Waals surface area (Å²) in [4.78, 5) is 2.22. The number of benzene rings is 2. The standard InChI is InChI=1S/C14H12BrClN2O3S/c1-9(13-8-11(16)4-7-14(13)19)17-18-22(20,21)12-5-2-10(15)3-6-12/h2-8,18-19H,1H3/b17-9+. The van der Waals surface area contributed by atoms with Gasteiger partial charge in [-0.3, -0.25) is 0 Å². The van der Waals surface area contributed by atoms with Crippen LogP contribution in [0.3, 0.4) is 0 Å². The summed E-state index contributed by atoms with van der Waals surface area (Å²) < 4.78 is 25.0. The highest BCUT2D eigenvalue weighted by molar-refractivity contribution is 9.10. The molecule has 2 rings (SSSR count). The Morgan fingerprint density at radius 3 is 2.50 bits per heavy atom. The number of phenolic OH excluding ortho intramolecular Hbond substituents is 1. The lowest BCUT2D eigenvalue weighted by Crippen LogP contribution is -2.19. The van der Waals surface area contributed by atoms with Crippen LogP contribution in [0.1, 0.15) is 12.5 Å². The predicted molar refractivity (Wildman–Crippen MR) is 89.8 cm³/mol. The van der Waals surface area contributed by atoms with E-state index in [0.29, 0.717) is 16.3 Å². The molecular weight excluding hydrogens is 392 g/mol. The van der Waals surface area contributed by atoms with E-state index in [1.54, 1.807) is 19.1 Å². The second kappa shape index (κ2) is 6.68. The normalized spacial score (nSPS) is 12.2. The van der Waals surface area contributed by atoms with Crippen molar-refractivity contribution in [2.45, 2.75) is 11.8 Å². The first kappa shape index (κ1) is 16.8. The van der Waals surface area contributed by atoms with Gasteiger partial charge >= 0.3 is 0 Å². The van der Waals surface area contributed by atoms with Crippen LogP contribution in [0, 0.1) is 0 Å². The Morgan fingerprint density at radius 1 is 1.23 bits per heavy atom. The Kier molecular flexibility index (Phi) is 5.10. The van der Waals surface area contributed by atoms with Gasteiger partial charge in [0.15, 0.2) is 0 Å². The van der Waals surface area contributed by atoms with E-state index in [1.165, 1.54) is 30.3 Å². The van der Waals surface area contributed by atoms with Crippen LogP contribution in [0.25, 0.3) is 0 Å². The molecule has 2 aromatic rings. The number of nitrogens with zero attached hydrogens (tertiary/aromatic N) is 1. The molecule has 0 aliphatic rings. The van der Waals surface area contributed by atoms with E-state index in [2.05, 4.69) is 25.9 Å². The lowest BCUT2D eigenvalue weighted by molar-refractivity contribution is 0.474. The summed E-state index contributed by atoms with van der Waals surface area (Å²) in [5.41, 5.74) is 0.645. The van der Waals surface area contributed by atoms with Crippen molar-refractivity contribution in [1.82, 2.24) is 4.83 Å². The summed E-state index contributed by atoms with van der Waals surface area (Å²) in [7, 11) is -3.78. The Labute approximate surface area is 141 Å². The van der Waals surface area contributed by atoms with Crippen molar-refractivity contribution in [3.8, 4) is 5.75 Å². The quantitative estimate of drug-likeness (QED) is 0.605. The van der Waals surface area contributed by atoms with Gasteiger partial charge in [0, 0.05) is 15.1 Å². The molecule has 0 saturated carbocycles. The van der Waals surface area contributed by atoms with Crippen LogP contribution in [0.4, 0.5) is 0 Å². The Hall–Kier alpha value is -1.57. The summed E-state index contributed by atoms with van der Waals surface area (Å²) in [6, 6.07) is 10.6. The second-order valence-corrected chi connectivity index (χ2v) is 7.42. The third-order valence-electron chi connectivity index (χ3n) is 2.81. The lowest BCUT2D eigenvalue weighted by Gasteiger charge is -2.07. The average molecular weight is 404 g/mol. The van der Waals surface area contributed by atoms with Crippen LogP contribution in [0.5, 0.6) is 5.75 Å². The molecule has 0 radical (unpaired) electrons. The number of hydrogen-bond acceptors (Lipinski definition) is 4. The average Bonchev–Trinajstić information content (AvgIpc) is 2.48. The highest BCUT2D eigenvalue weighted by Gasteiger charge is 2.13. The SMILES string of the molecule is C/C(=N\NS(=O)(=O)c1ccc(Br)cc1)c1cc(Cl)ccc1O. The maximum absolute atomic E-state index is 12.1. The fraction of sp³-hybridized carbons (Fsp3) is 0.0714. The highest BCUT2D eigenvalue weighted by atomic mass is 79.9. The number of phenols is 1. The van der Waals surface area contributed by atoms with Crippen molar-refractivity contribution in [2.75, 3.05) is 0 Å². The summed E-state index contributed by atoms with van der Waals surface area (Å²) in [6.07, 6.45) is 0. The molecule has 0 spiro atoms. The maximum Gasteiger partial charge on any atom is 0.276 e. The number of rotatable bonds is 4. The van der Waals surface area contributed by atoms with Gasteiger partial charge in [0.25, 0.3) is 10.0 Å². The third kappa shape index (κ3) is 4.00. The molecule has 22 heavy (non-hydrogen) atoms. The molecule has 2 aromatic carbocycles. The molecule has 116 valence electrons. The smallest absolute Gasteiger partial charge is 0.276 e. The topological polar surface area (TPSA) is 78.8 Å². The molecule has 0 aliphatic carbocycles. The fourth-order valence-electron chi connectivity index (χ4n) is 1.65. The zero-order chi connectivity index (χ0) is 16.3. The fourth-order valence-corrected chi connectivity index (χ4v) is 2.95. The molecule has 0 atom stereocenters. The molecule has 0 aromatic heterocycles. The van der Waals surface area contributed by atoms with Gasteiger partial charge in [-0.25, -0.2) is 0 Å². The molecule has 0 unspecified atom stereocenters. The molecule has 0 saturated heterocycles. The minimum atomic E-state index is -3.78. The molecule has 0 heterocycles. The summed E-state index contributed by atoms with van der Waals surface area (Å²) in [6.45, 7) is 1.56. The first-order chi connectivity index (χ1) is 10.3. The van der Waals surface area contributed by atoms with E-state index >= 15 is 0 Å². The van der Waals surface area contributed by atoms with Gasteiger partial charge in [0.1, 0.15) is 5.75 Å². The van der Waals surface area contributed by atoms with Gasteiger partial charge in [0.2, 0.25) is 0 Å². The number of hydrogen-bond donors (Lipinski definition) is 2. The molecule has 0 bridgehead atoms. The van der Waals surface area contributed by atoms with Crippen LogP contribution >= 0.6 is 27.5 Å². The Bertz CT molecular complexity index is 820. The second-order valence-electron chi connectivity index (χ2n) is 4.41. The van der Waals surface area contributed by atoms with E-state index in [1.807, 2.05) is 0 Å². The van der Waals surface area contributed by atoms with Crippen molar-refractivity contribution < 1.29 is 13.5 Å². The van der Waals surface area contributed by atoms with Gasteiger partial charge < -0.3 is 5.11 Å². The predicted octanol–water partition coefficient (Wildman–Crippen LogP) is 3.51. The van der Waals surface area contributed by atoms with Gasteiger partial charge in [-0.1, -0.05) is 27.5 Å². The van der Waals surface area contributed by atoms with Crippen LogP contribution in [-0.4, -0.2) is 19.2 Å². The maximum atomic E-state index is 12.1. The Balaban J connectivity index is 2.26. The minimum absolute atomic E-state index is 0.0338. The van der Waals surface area contributed by atoms with Crippen molar-refractivity contribution >= 4 is 43.3 Å². The molecule has 2 N–H and O–H groups in total. The van der Waals surface area contributed by atoms with Gasteiger partial charge in [-0.15, -0.1) is 0 Å². The van der Waals surface area contributed by atoms with Crippen LogP contribution < -0.4 is 4.83 Å². The first-order valence-corrected chi connectivity index (χ1v) is 8.75. The van der Waals surface area contributed by atoms with E-state index in [9.17, 15) is 13.5 Å².